The minimum Gasteiger partial charge on any atom is -0.351 e. The van der Waals surface area contributed by atoms with Gasteiger partial charge in [-0.25, -0.2) is 4.98 Å². The van der Waals surface area contributed by atoms with Crippen LogP contribution in [0.25, 0.3) is 0 Å². The Kier molecular flexibility index (Phi) is 3.40. The van der Waals surface area contributed by atoms with E-state index in [-0.39, 0.29) is 11.9 Å². The highest BCUT2D eigenvalue weighted by atomic mass is 16.2. The Labute approximate surface area is 134 Å². The summed E-state index contributed by atoms with van der Waals surface area (Å²) in [4.78, 5) is 24.3. The molecule has 0 radical (unpaired) electrons. The number of nitrogens with zero attached hydrogens (tertiary/aromatic N) is 6. The second-order valence-electron chi connectivity index (χ2n) is 6.09. The number of likely N-dealkylation sites (N-methyl/N-ethyl adjacent to an activating group) is 1. The zero-order valence-electron chi connectivity index (χ0n) is 13.0. The van der Waals surface area contributed by atoms with Crippen molar-refractivity contribution in [2.75, 3.05) is 25.0 Å². The number of amides is 1. The van der Waals surface area contributed by atoms with Gasteiger partial charge in [-0.1, -0.05) is 0 Å². The highest BCUT2D eigenvalue weighted by molar-refractivity contribution is 5.92. The number of hydrogen-bond acceptors (Lipinski definition) is 6. The molecule has 118 valence electrons. The van der Waals surface area contributed by atoms with Crippen molar-refractivity contribution < 1.29 is 4.79 Å². The van der Waals surface area contributed by atoms with Crippen LogP contribution in [0.4, 0.5) is 5.82 Å². The summed E-state index contributed by atoms with van der Waals surface area (Å²) in [6.45, 7) is 1.55. The summed E-state index contributed by atoms with van der Waals surface area (Å²) in [5.74, 6) is 0.824. The minimum atomic E-state index is -0.0946. The Morgan fingerprint density at radius 1 is 1.26 bits per heavy atom. The van der Waals surface area contributed by atoms with Gasteiger partial charge in [0, 0.05) is 32.5 Å². The topological polar surface area (TPSA) is 75.1 Å². The molecule has 0 spiro atoms. The van der Waals surface area contributed by atoms with Gasteiger partial charge in [-0.05, 0) is 30.9 Å². The van der Waals surface area contributed by atoms with E-state index in [1.165, 1.54) is 24.4 Å². The molecule has 1 aliphatic heterocycles. The maximum Gasteiger partial charge on any atom is 0.274 e. The fourth-order valence-corrected chi connectivity index (χ4v) is 3.12. The molecule has 4 rings (SSSR count). The van der Waals surface area contributed by atoms with Gasteiger partial charge in [0.2, 0.25) is 0 Å². The van der Waals surface area contributed by atoms with Gasteiger partial charge in [0.15, 0.2) is 5.82 Å². The summed E-state index contributed by atoms with van der Waals surface area (Å²) >= 11 is 0. The number of aromatic nitrogens is 4. The normalized spacial score (nSPS) is 16.8. The molecule has 0 atom stereocenters. The fourth-order valence-electron chi connectivity index (χ4n) is 3.12. The largest absolute Gasteiger partial charge is 0.351 e. The van der Waals surface area contributed by atoms with E-state index in [4.69, 9.17) is 0 Å². The molecule has 1 fully saturated rings. The highest BCUT2D eigenvalue weighted by Crippen LogP contribution is 2.26. The molecule has 3 heterocycles. The van der Waals surface area contributed by atoms with Crippen LogP contribution in [-0.2, 0) is 12.8 Å². The monoisotopic (exact) mass is 310 g/mol. The highest BCUT2D eigenvalue weighted by Gasteiger charge is 2.34. The van der Waals surface area contributed by atoms with Crippen LogP contribution in [-0.4, -0.2) is 57.2 Å². The van der Waals surface area contributed by atoms with Gasteiger partial charge in [-0.3, -0.25) is 9.78 Å². The van der Waals surface area contributed by atoms with Gasteiger partial charge in [0.1, 0.15) is 5.69 Å². The Morgan fingerprint density at radius 3 is 2.91 bits per heavy atom. The molecule has 1 saturated heterocycles. The van der Waals surface area contributed by atoms with E-state index in [1.807, 2.05) is 7.05 Å². The predicted molar refractivity (Wildman–Crippen MR) is 84.2 cm³/mol. The second kappa shape index (κ2) is 5.57. The van der Waals surface area contributed by atoms with Crippen molar-refractivity contribution >= 4 is 11.7 Å². The molecule has 7 nitrogen and oxygen atoms in total. The lowest BCUT2D eigenvalue weighted by molar-refractivity contribution is 0.0698. The molecule has 23 heavy (non-hydrogen) atoms. The van der Waals surface area contributed by atoms with Crippen molar-refractivity contribution in [3.8, 4) is 0 Å². The zero-order chi connectivity index (χ0) is 15.8. The summed E-state index contributed by atoms with van der Waals surface area (Å²) < 4.78 is 0. The summed E-state index contributed by atoms with van der Waals surface area (Å²) in [7, 11) is 1.81. The summed E-state index contributed by atoms with van der Waals surface area (Å²) in [5.41, 5.74) is 2.84. The predicted octanol–water partition coefficient (Wildman–Crippen LogP) is 0.716. The quantitative estimate of drug-likeness (QED) is 0.831. The molecular formula is C16H18N6O. The number of aryl methyl sites for hydroxylation is 2. The lowest BCUT2D eigenvalue weighted by Gasteiger charge is -2.44. The van der Waals surface area contributed by atoms with E-state index in [0.717, 1.165) is 37.4 Å². The first-order chi connectivity index (χ1) is 11.2. The van der Waals surface area contributed by atoms with Gasteiger partial charge in [0.05, 0.1) is 17.9 Å². The van der Waals surface area contributed by atoms with E-state index in [2.05, 4.69) is 31.1 Å². The third-order valence-electron chi connectivity index (χ3n) is 4.64. The molecule has 2 aromatic rings. The first-order valence-corrected chi connectivity index (χ1v) is 7.86. The zero-order valence-corrected chi connectivity index (χ0v) is 13.0. The summed E-state index contributed by atoms with van der Waals surface area (Å²) in [6, 6.07) is 2.32. The van der Waals surface area contributed by atoms with Gasteiger partial charge in [-0.15, -0.1) is 5.10 Å². The molecular weight excluding hydrogens is 292 g/mol. The maximum absolute atomic E-state index is 12.4. The van der Waals surface area contributed by atoms with Gasteiger partial charge in [0.25, 0.3) is 5.91 Å². The fraction of sp³-hybridized carbons (Fsp3) is 0.438. The standard InChI is InChI=1S/C16H18N6O/c1-21(16(23)14-8-17-5-6-18-14)12-9-22(10-12)15-7-11-3-2-4-13(11)19-20-15/h5-8,12H,2-4,9-10H2,1H3. The van der Waals surface area contributed by atoms with Crippen LogP contribution in [0.2, 0.25) is 0 Å². The Morgan fingerprint density at radius 2 is 2.13 bits per heavy atom. The van der Waals surface area contributed by atoms with Gasteiger partial charge >= 0.3 is 0 Å². The van der Waals surface area contributed by atoms with Crippen LogP contribution in [0.3, 0.4) is 0 Å². The van der Waals surface area contributed by atoms with Crippen LogP contribution in [0.1, 0.15) is 28.2 Å². The molecule has 0 unspecified atom stereocenters. The lowest BCUT2D eigenvalue weighted by Crippen LogP contribution is -2.60. The van der Waals surface area contributed by atoms with Crippen molar-refractivity contribution in [1.29, 1.82) is 0 Å². The number of fused-ring (bicyclic) bond motifs is 1. The molecule has 7 heteroatoms. The van der Waals surface area contributed by atoms with Crippen molar-refractivity contribution in [3.05, 3.63) is 41.6 Å². The Hall–Kier alpha value is -2.57. The number of carbonyl (C=O) groups is 1. The first kappa shape index (κ1) is 14.0. The van der Waals surface area contributed by atoms with Crippen LogP contribution in [0.5, 0.6) is 0 Å². The number of anilines is 1. The van der Waals surface area contributed by atoms with E-state index in [1.54, 1.807) is 11.1 Å². The Bertz CT molecular complexity index is 729. The number of rotatable bonds is 3. The number of hydrogen-bond donors (Lipinski definition) is 0. The van der Waals surface area contributed by atoms with Crippen molar-refractivity contribution in [2.45, 2.75) is 25.3 Å². The van der Waals surface area contributed by atoms with Crippen LogP contribution in [0, 0.1) is 0 Å². The summed E-state index contributed by atoms with van der Waals surface area (Å²) in [5, 5.41) is 8.64. The van der Waals surface area contributed by atoms with E-state index < -0.39 is 0 Å². The van der Waals surface area contributed by atoms with Crippen molar-refractivity contribution in [3.63, 3.8) is 0 Å². The van der Waals surface area contributed by atoms with E-state index in [0.29, 0.717) is 5.69 Å². The number of carbonyl (C=O) groups excluding carboxylic acids is 1. The van der Waals surface area contributed by atoms with Crippen molar-refractivity contribution in [2.24, 2.45) is 0 Å². The SMILES string of the molecule is CN(C(=O)c1cnccn1)C1CN(c2cc3c(nn2)CCC3)C1. The molecule has 0 bridgehead atoms. The van der Waals surface area contributed by atoms with Crippen LogP contribution >= 0.6 is 0 Å². The first-order valence-electron chi connectivity index (χ1n) is 7.86. The second-order valence-corrected chi connectivity index (χ2v) is 6.09. The maximum atomic E-state index is 12.4. The smallest absolute Gasteiger partial charge is 0.274 e. The average molecular weight is 310 g/mol. The van der Waals surface area contributed by atoms with Gasteiger partial charge in [-0.2, -0.15) is 5.10 Å². The summed E-state index contributed by atoms with van der Waals surface area (Å²) in [6.07, 6.45) is 7.91. The molecule has 2 aromatic heterocycles. The van der Waals surface area contributed by atoms with Gasteiger partial charge < -0.3 is 9.80 Å². The third kappa shape index (κ3) is 2.52. The van der Waals surface area contributed by atoms with E-state index >= 15 is 0 Å². The molecule has 0 N–H and O–H groups in total. The molecule has 1 amide bonds. The minimum absolute atomic E-state index is 0.0946. The average Bonchev–Trinajstić information content (AvgIpc) is 3.01. The Balaban J connectivity index is 1.40. The van der Waals surface area contributed by atoms with Crippen molar-refractivity contribution in [1.82, 2.24) is 25.1 Å². The van der Waals surface area contributed by atoms with E-state index in [9.17, 15) is 4.79 Å². The molecule has 0 saturated carbocycles. The lowest BCUT2D eigenvalue weighted by atomic mass is 10.1. The third-order valence-corrected chi connectivity index (χ3v) is 4.64. The van der Waals surface area contributed by atoms with Crippen LogP contribution < -0.4 is 4.90 Å². The van der Waals surface area contributed by atoms with Crippen LogP contribution in [0.15, 0.2) is 24.7 Å². The molecule has 1 aliphatic carbocycles. The molecule has 2 aliphatic rings. The molecule has 0 aromatic carbocycles.